The lowest BCUT2D eigenvalue weighted by molar-refractivity contribution is -0.117. The lowest BCUT2D eigenvalue weighted by atomic mass is 10.1. The molecule has 0 spiro atoms. The van der Waals surface area contributed by atoms with E-state index in [1.807, 2.05) is 0 Å². The first-order chi connectivity index (χ1) is 9.80. The van der Waals surface area contributed by atoms with E-state index in [0.29, 0.717) is 0 Å². The summed E-state index contributed by atoms with van der Waals surface area (Å²) in [6.45, 7) is 0.0134. The highest BCUT2D eigenvalue weighted by Gasteiger charge is 2.35. The molecule has 1 atom stereocenters. The van der Waals surface area contributed by atoms with E-state index in [1.54, 1.807) is 0 Å². The average Bonchev–Trinajstić information content (AvgIpc) is 2.76. The average molecular weight is 317 g/mol. The molecule has 0 aliphatic carbocycles. The smallest absolute Gasteiger partial charge is 0.341 e. The van der Waals surface area contributed by atoms with Crippen molar-refractivity contribution in [3.8, 4) is 0 Å². The number of carbonyl (C=O) groups is 2. The van der Waals surface area contributed by atoms with E-state index in [2.05, 4.69) is 14.7 Å². The number of halogens is 1. The summed E-state index contributed by atoms with van der Waals surface area (Å²) >= 11 is 0. The Kier molecular flexibility index (Phi) is 4.16. The fourth-order valence-corrected chi connectivity index (χ4v) is 2.84. The molecule has 0 saturated carbocycles. The zero-order valence-corrected chi connectivity index (χ0v) is 11.8. The summed E-state index contributed by atoms with van der Waals surface area (Å²) in [5, 5.41) is 0. The van der Waals surface area contributed by atoms with Crippen molar-refractivity contribution in [3.63, 3.8) is 0 Å². The van der Waals surface area contributed by atoms with Crippen molar-refractivity contribution in [1.82, 2.24) is 9.97 Å². The third kappa shape index (κ3) is 3.72. The van der Waals surface area contributed by atoms with Crippen molar-refractivity contribution in [2.45, 2.75) is 6.42 Å². The minimum atomic E-state index is -4.64. The lowest BCUT2D eigenvalue weighted by Crippen LogP contribution is -2.27. The highest BCUT2D eigenvalue weighted by atomic mass is 32.3. The maximum absolute atomic E-state index is 12.6. The topological polar surface area (TPSA) is 107 Å². The number of carbonyl (C=O) groups excluding carboxylic acids is 2. The molecule has 2 heterocycles. The van der Waals surface area contributed by atoms with Gasteiger partial charge in [-0.15, -0.1) is 3.89 Å². The molecule has 0 aromatic carbocycles. The normalized spacial score (nSPS) is 18.9. The first kappa shape index (κ1) is 15.3. The zero-order valence-electron chi connectivity index (χ0n) is 11.0. The molecular weight excluding hydrogens is 305 g/mol. The Morgan fingerprint density at radius 1 is 1.48 bits per heavy atom. The number of hydrogen-bond donors (Lipinski definition) is 0. The van der Waals surface area contributed by atoms with Crippen LogP contribution < -0.4 is 4.90 Å². The Bertz CT molecular complexity index is 661. The Labute approximate surface area is 120 Å². The van der Waals surface area contributed by atoms with Crippen LogP contribution in [-0.2, 0) is 19.8 Å². The van der Waals surface area contributed by atoms with Crippen LogP contribution in [0.15, 0.2) is 12.4 Å². The second-order valence-electron chi connectivity index (χ2n) is 4.54. The van der Waals surface area contributed by atoms with Crippen LogP contribution in [0.5, 0.6) is 0 Å². The van der Waals surface area contributed by atoms with Crippen LogP contribution in [0, 0.1) is 5.92 Å². The van der Waals surface area contributed by atoms with Gasteiger partial charge in [0.05, 0.1) is 18.4 Å². The third-order valence-corrected chi connectivity index (χ3v) is 3.81. The summed E-state index contributed by atoms with van der Waals surface area (Å²) in [5.41, 5.74) is 0.121. The van der Waals surface area contributed by atoms with Gasteiger partial charge in [0.15, 0.2) is 0 Å². The fraction of sp³-hybridized carbons (Fsp3) is 0.455. The van der Waals surface area contributed by atoms with Crippen LogP contribution in [0.3, 0.4) is 0 Å². The van der Waals surface area contributed by atoms with E-state index < -0.39 is 33.8 Å². The maximum Gasteiger partial charge on any atom is 0.341 e. The monoisotopic (exact) mass is 317 g/mol. The molecule has 0 N–H and O–H groups in total. The van der Waals surface area contributed by atoms with E-state index in [-0.39, 0.29) is 24.5 Å². The molecule has 1 aliphatic heterocycles. The summed E-state index contributed by atoms with van der Waals surface area (Å²) in [6.07, 6.45) is 2.30. The van der Waals surface area contributed by atoms with Gasteiger partial charge >= 0.3 is 16.2 Å². The fourth-order valence-electron chi connectivity index (χ4n) is 2.05. The molecule has 1 aromatic heterocycles. The number of hydrogen-bond acceptors (Lipinski definition) is 7. The molecule has 114 valence electrons. The SMILES string of the molecule is COC(=O)c1cnc(N2CC(CS(=O)(=O)F)CC2=O)nc1. The molecule has 1 unspecified atom stereocenters. The minimum Gasteiger partial charge on any atom is -0.465 e. The van der Waals surface area contributed by atoms with Crippen LogP contribution in [0.4, 0.5) is 9.83 Å². The van der Waals surface area contributed by atoms with Crippen molar-refractivity contribution in [1.29, 1.82) is 0 Å². The molecule has 0 radical (unpaired) electrons. The van der Waals surface area contributed by atoms with Gasteiger partial charge in [0.1, 0.15) is 0 Å². The van der Waals surface area contributed by atoms with E-state index in [1.165, 1.54) is 19.5 Å². The molecule has 1 amide bonds. The van der Waals surface area contributed by atoms with Crippen molar-refractivity contribution in [2.75, 3.05) is 24.3 Å². The minimum absolute atomic E-state index is 0.0134. The molecule has 0 bridgehead atoms. The second-order valence-corrected chi connectivity index (χ2v) is 5.95. The molecule has 21 heavy (non-hydrogen) atoms. The van der Waals surface area contributed by atoms with Crippen LogP contribution in [0.25, 0.3) is 0 Å². The van der Waals surface area contributed by atoms with Gasteiger partial charge < -0.3 is 4.74 Å². The van der Waals surface area contributed by atoms with Gasteiger partial charge in [-0.2, -0.15) is 8.42 Å². The molecule has 1 aromatic rings. The van der Waals surface area contributed by atoms with E-state index in [9.17, 15) is 21.9 Å². The Hall–Kier alpha value is -2.10. The van der Waals surface area contributed by atoms with Gasteiger partial charge in [0.25, 0.3) is 0 Å². The Morgan fingerprint density at radius 3 is 2.62 bits per heavy atom. The highest BCUT2D eigenvalue weighted by molar-refractivity contribution is 7.86. The van der Waals surface area contributed by atoms with E-state index >= 15 is 0 Å². The largest absolute Gasteiger partial charge is 0.465 e. The summed E-state index contributed by atoms with van der Waals surface area (Å²) in [7, 11) is -3.43. The van der Waals surface area contributed by atoms with Crippen molar-refractivity contribution >= 4 is 28.0 Å². The number of amides is 1. The summed E-state index contributed by atoms with van der Waals surface area (Å²) < 4.78 is 38.3. The molecule has 2 rings (SSSR count). The predicted octanol–water partition coefficient (Wildman–Crippen LogP) is -0.0846. The maximum atomic E-state index is 12.6. The zero-order chi connectivity index (χ0) is 15.6. The predicted molar refractivity (Wildman–Crippen MR) is 68.7 cm³/mol. The number of aromatic nitrogens is 2. The van der Waals surface area contributed by atoms with Crippen LogP contribution >= 0.6 is 0 Å². The first-order valence-corrected chi connectivity index (χ1v) is 7.48. The number of esters is 1. The van der Waals surface area contributed by atoms with Gasteiger partial charge in [0.2, 0.25) is 11.9 Å². The van der Waals surface area contributed by atoms with Crippen molar-refractivity contribution in [3.05, 3.63) is 18.0 Å². The number of rotatable bonds is 4. The first-order valence-electron chi connectivity index (χ1n) is 5.93. The summed E-state index contributed by atoms with van der Waals surface area (Å²) in [5.74, 6) is -2.33. The van der Waals surface area contributed by atoms with Crippen LogP contribution in [-0.4, -0.2) is 49.7 Å². The number of nitrogens with zero attached hydrogens (tertiary/aromatic N) is 3. The third-order valence-electron chi connectivity index (χ3n) is 2.94. The molecule has 10 heteroatoms. The molecular formula is C11H12FN3O5S. The van der Waals surface area contributed by atoms with Gasteiger partial charge in [-0.1, -0.05) is 0 Å². The number of anilines is 1. The molecule has 8 nitrogen and oxygen atoms in total. The molecule has 1 saturated heterocycles. The standard InChI is InChI=1S/C11H12FN3O5S/c1-20-10(17)8-3-13-11(14-4-8)15-5-7(2-9(15)16)6-21(12,18)19/h3-4,7H,2,5-6H2,1H3. The van der Waals surface area contributed by atoms with Crippen LogP contribution in [0.2, 0.25) is 0 Å². The summed E-state index contributed by atoms with van der Waals surface area (Å²) in [4.78, 5) is 31.9. The Morgan fingerprint density at radius 2 is 2.10 bits per heavy atom. The number of ether oxygens (including phenoxy) is 1. The lowest BCUT2D eigenvalue weighted by Gasteiger charge is -2.13. The molecule has 1 fully saturated rings. The van der Waals surface area contributed by atoms with E-state index in [4.69, 9.17) is 0 Å². The van der Waals surface area contributed by atoms with Gasteiger partial charge in [-0.3, -0.25) is 9.69 Å². The van der Waals surface area contributed by atoms with Crippen molar-refractivity contribution < 1.29 is 26.6 Å². The van der Waals surface area contributed by atoms with E-state index in [0.717, 1.165) is 4.90 Å². The second kappa shape index (κ2) is 5.72. The van der Waals surface area contributed by atoms with Crippen LogP contribution in [0.1, 0.15) is 16.8 Å². The quantitative estimate of drug-likeness (QED) is 0.564. The highest BCUT2D eigenvalue weighted by Crippen LogP contribution is 2.23. The van der Waals surface area contributed by atoms with Gasteiger partial charge in [0, 0.05) is 31.3 Å². The molecule has 1 aliphatic rings. The van der Waals surface area contributed by atoms with Gasteiger partial charge in [-0.25, -0.2) is 14.8 Å². The Balaban J connectivity index is 2.12. The van der Waals surface area contributed by atoms with Crippen molar-refractivity contribution in [2.24, 2.45) is 5.92 Å². The van der Waals surface area contributed by atoms with Gasteiger partial charge in [-0.05, 0) is 0 Å². The number of methoxy groups -OCH3 is 1. The summed E-state index contributed by atoms with van der Waals surface area (Å²) in [6, 6.07) is 0.